The number of hydrogen-bond donors (Lipinski definition) is 1. The molecule has 118 valence electrons. The van der Waals surface area contributed by atoms with Gasteiger partial charge in [0.1, 0.15) is 0 Å². The van der Waals surface area contributed by atoms with E-state index in [4.69, 9.17) is 9.47 Å². The molecule has 2 heterocycles. The lowest BCUT2D eigenvalue weighted by atomic mass is 10.1. The second-order valence-corrected chi connectivity index (χ2v) is 5.18. The van der Waals surface area contributed by atoms with E-state index in [2.05, 4.69) is 15.5 Å². The molecule has 1 amide bonds. The summed E-state index contributed by atoms with van der Waals surface area (Å²) in [6, 6.07) is 11.3. The highest BCUT2D eigenvalue weighted by molar-refractivity contribution is 5.80. The van der Waals surface area contributed by atoms with Crippen LogP contribution in [0.2, 0.25) is 0 Å². The van der Waals surface area contributed by atoms with Crippen molar-refractivity contribution in [2.24, 2.45) is 5.10 Å². The molecule has 0 saturated carbocycles. The molecule has 1 N–H and O–H groups in total. The third-order valence-electron chi connectivity index (χ3n) is 3.37. The number of carbonyl (C=O) groups is 1. The number of nitrogens with zero attached hydrogens (tertiary/aromatic N) is 2. The second-order valence-electron chi connectivity index (χ2n) is 5.18. The predicted molar refractivity (Wildman–Crippen MR) is 85.6 cm³/mol. The number of ether oxygens (including phenoxy) is 2. The predicted octanol–water partition coefficient (Wildman–Crippen LogP) is 2.20. The molecular formula is C17H17N3O3. The molecule has 0 fully saturated rings. The zero-order chi connectivity index (χ0) is 16.1. The molecule has 0 saturated heterocycles. The fourth-order valence-electron chi connectivity index (χ4n) is 2.22. The molecule has 0 radical (unpaired) electrons. The number of aromatic nitrogens is 1. The minimum absolute atomic E-state index is 0.147. The van der Waals surface area contributed by atoms with Crippen LogP contribution in [-0.2, 0) is 11.2 Å². The van der Waals surface area contributed by atoms with Crippen molar-refractivity contribution >= 4 is 12.1 Å². The molecule has 1 aromatic carbocycles. The SMILES string of the molecule is Cc1cccc(/C=N\NC(=O)CCc2ccc3c(c2)OCO3)n1. The molecule has 6 nitrogen and oxygen atoms in total. The summed E-state index contributed by atoms with van der Waals surface area (Å²) in [5, 5.41) is 3.92. The molecule has 0 bridgehead atoms. The first-order valence-electron chi connectivity index (χ1n) is 7.35. The fraction of sp³-hybridized carbons (Fsp3) is 0.235. The van der Waals surface area contributed by atoms with Crippen LogP contribution in [-0.4, -0.2) is 23.9 Å². The second kappa shape index (κ2) is 6.91. The number of amides is 1. The molecule has 1 aromatic heterocycles. The van der Waals surface area contributed by atoms with Crippen LogP contribution < -0.4 is 14.9 Å². The highest BCUT2D eigenvalue weighted by Crippen LogP contribution is 2.32. The Hall–Kier alpha value is -2.89. The van der Waals surface area contributed by atoms with Crippen LogP contribution in [0.25, 0.3) is 0 Å². The van der Waals surface area contributed by atoms with Gasteiger partial charge in [-0.2, -0.15) is 5.10 Å². The van der Waals surface area contributed by atoms with E-state index in [-0.39, 0.29) is 12.7 Å². The molecule has 6 heteroatoms. The van der Waals surface area contributed by atoms with Gasteiger partial charge in [-0.3, -0.25) is 9.78 Å². The standard InChI is InChI=1S/C17H17N3O3/c1-12-3-2-4-14(19-12)10-18-20-17(21)8-6-13-5-7-15-16(9-13)23-11-22-15/h2-5,7,9-10H,6,8,11H2,1H3,(H,20,21)/b18-10-. The summed E-state index contributed by atoms with van der Waals surface area (Å²) in [7, 11) is 0. The zero-order valence-electron chi connectivity index (χ0n) is 12.8. The van der Waals surface area contributed by atoms with Gasteiger partial charge in [-0.1, -0.05) is 12.1 Å². The van der Waals surface area contributed by atoms with Crippen molar-refractivity contribution in [1.29, 1.82) is 0 Å². The lowest BCUT2D eigenvalue weighted by molar-refractivity contribution is -0.121. The Morgan fingerprint density at radius 2 is 2.17 bits per heavy atom. The Balaban J connectivity index is 1.48. The molecule has 0 spiro atoms. The molecule has 0 atom stereocenters. The highest BCUT2D eigenvalue weighted by atomic mass is 16.7. The summed E-state index contributed by atoms with van der Waals surface area (Å²) in [6.45, 7) is 2.16. The average molecular weight is 311 g/mol. The normalized spacial score (nSPS) is 12.6. The summed E-state index contributed by atoms with van der Waals surface area (Å²) >= 11 is 0. The average Bonchev–Trinajstić information content (AvgIpc) is 3.00. The van der Waals surface area contributed by atoms with Gasteiger partial charge in [0, 0.05) is 12.1 Å². The maximum absolute atomic E-state index is 11.8. The van der Waals surface area contributed by atoms with Crippen molar-refractivity contribution in [2.45, 2.75) is 19.8 Å². The summed E-state index contributed by atoms with van der Waals surface area (Å²) in [5.41, 5.74) is 5.14. The van der Waals surface area contributed by atoms with Gasteiger partial charge in [0.05, 0.1) is 11.9 Å². The summed E-state index contributed by atoms with van der Waals surface area (Å²) in [5.74, 6) is 1.33. The Kier molecular flexibility index (Phi) is 4.52. The van der Waals surface area contributed by atoms with Crippen molar-refractivity contribution in [2.75, 3.05) is 6.79 Å². The lowest BCUT2D eigenvalue weighted by Crippen LogP contribution is -2.18. The molecule has 1 aliphatic heterocycles. The van der Waals surface area contributed by atoms with E-state index in [1.807, 2.05) is 43.3 Å². The number of aryl methyl sites for hydroxylation is 2. The van der Waals surface area contributed by atoms with E-state index in [1.165, 1.54) is 6.21 Å². The Labute approximate surface area is 134 Å². The fourth-order valence-corrected chi connectivity index (χ4v) is 2.22. The van der Waals surface area contributed by atoms with Crippen LogP contribution in [0.4, 0.5) is 0 Å². The minimum Gasteiger partial charge on any atom is -0.454 e. The Morgan fingerprint density at radius 1 is 1.30 bits per heavy atom. The van der Waals surface area contributed by atoms with Crippen molar-refractivity contribution < 1.29 is 14.3 Å². The van der Waals surface area contributed by atoms with Gasteiger partial charge in [0.25, 0.3) is 0 Å². The van der Waals surface area contributed by atoms with E-state index in [0.717, 1.165) is 22.8 Å². The number of fused-ring (bicyclic) bond motifs is 1. The largest absolute Gasteiger partial charge is 0.454 e. The summed E-state index contributed by atoms with van der Waals surface area (Å²) < 4.78 is 10.6. The first-order chi connectivity index (χ1) is 11.2. The quantitative estimate of drug-likeness (QED) is 0.678. The zero-order valence-corrected chi connectivity index (χ0v) is 12.8. The highest BCUT2D eigenvalue weighted by Gasteiger charge is 2.13. The van der Waals surface area contributed by atoms with E-state index in [9.17, 15) is 4.79 Å². The summed E-state index contributed by atoms with van der Waals surface area (Å²) in [6.07, 6.45) is 2.49. The van der Waals surface area contributed by atoms with Gasteiger partial charge in [0.15, 0.2) is 11.5 Å². The van der Waals surface area contributed by atoms with Gasteiger partial charge >= 0.3 is 0 Å². The third-order valence-corrected chi connectivity index (χ3v) is 3.37. The van der Waals surface area contributed by atoms with Gasteiger partial charge in [-0.25, -0.2) is 5.43 Å². The number of benzene rings is 1. The van der Waals surface area contributed by atoms with Gasteiger partial charge in [0.2, 0.25) is 12.7 Å². The van der Waals surface area contributed by atoms with E-state index in [1.54, 1.807) is 0 Å². The molecule has 3 rings (SSSR count). The van der Waals surface area contributed by atoms with Crippen LogP contribution in [0.15, 0.2) is 41.5 Å². The van der Waals surface area contributed by atoms with Gasteiger partial charge in [-0.15, -0.1) is 0 Å². The first kappa shape index (κ1) is 15.0. The monoisotopic (exact) mass is 311 g/mol. The molecule has 1 aliphatic rings. The van der Waals surface area contributed by atoms with Crippen LogP contribution in [0.5, 0.6) is 11.5 Å². The number of nitrogens with one attached hydrogen (secondary N) is 1. The van der Waals surface area contributed by atoms with Crippen molar-refractivity contribution in [3.63, 3.8) is 0 Å². The molecule has 2 aromatic rings. The van der Waals surface area contributed by atoms with E-state index in [0.29, 0.717) is 18.5 Å². The van der Waals surface area contributed by atoms with E-state index >= 15 is 0 Å². The van der Waals surface area contributed by atoms with Crippen LogP contribution in [0, 0.1) is 6.92 Å². The van der Waals surface area contributed by atoms with Crippen molar-refractivity contribution in [1.82, 2.24) is 10.4 Å². The van der Waals surface area contributed by atoms with Gasteiger partial charge < -0.3 is 9.47 Å². The molecule has 23 heavy (non-hydrogen) atoms. The van der Waals surface area contributed by atoms with Crippen molar-refractivity contribution in [3.8, 4) is 11.5 Å². The number of carbonyl (C=O) groups excluding carboxylic acids is 1. The van der Waals surface area contributed by atoms with Crippen LogP contribution >= 0.6 is 0 Å². The third kappa shape index (κ3) is 4.06. The minimum atomic E-state index is -0.147. The maximum Gasteiger partial charge on any atom is 0.240 e. The maximum atomic E-state index is 11.8. The topological polar surface area (TPSA) is 72.8 Å². The van der Waals surface area contributed by atoms with Crippen LogP contribution in [0.3, 0.4) is 0 Å². The smallest absolute Gasteiger partial charge is 0.240 e. The molecule has 0 aliphatic carbocycles. The molecular weight excluding hydrogens is 294 g/mol. The number of rotatable bonds is 5. The Bertz CT molecular complexity index is 744. The van der Waals surface area contributed by atoms with Crippen molar-refractivity contribution in [3.05, 3.63) is 53.3 Å². The Morgan fingerprint density at radius 3 is 3.04 bits per heavy atom. The van der Waals surface area contributed by atoms with Gasteiger partial charge in [-0.05, 0) is 43.2 Å². The first-order valence-corrected chi connectivity index (χ1v) is 7.35. The lowest BCUT2D eigenvalue weighted by Gasteiger charge is -2.02. The number of pyridine rings is 1. The van der Waals surface area contributed by atoms with Crippen LogP contribution in [0.1, 0.15) is 23.4 Å². The number of hydrazone groups is 1. The molecule has 0 unspecified atom stereocenters. The number of hydrogen-bond acceptors (Lipinski definition) is 5. The summed E-state index contributed by atoms with van der Waals surface area (Å²) in [4.78, 5) is 16.1. The van der Waals surface area contributed by atoms with E-state index < -0.39 is 0 Å².